The molecule has 5 atom stereocenters. The van der Waals surface area contributed by atoms with Crippen molar-refractivity contribution < 1.29 is 28.1 Å². The molecule has 0 aliphatic carbocycles. The molecule has 6 heterocycles. The van der Waals surface area contributed by atoms with Gasteiger partial charge in [0.15, 0.2) is 16.9 Å². The highest BCUT2D eigenvalue weighted by Gasteiger charge is 2.78. The first kappa shape index (κ1) is 26.9. The highest BCUT2D eigenvalue weighted by molar-refractivity contribution is 8.15. The number of β-lactam (4-membered cyclic amide) rings is 1. The van der Waals surface area contributed by atoms with Crippen molar-refractivity contribution in [2.24, 2.45) is 11.8 Å². The summed E-state index contributed by atoms with van der Waals surface area (Å²) in [5.41, 5.74) is 0.675. The summed E-state index contributed by atoms with van der Waals surface area (Å²) in [6, 6.07) is 7.21. The van der Waals surface area contributed by atoms with Crippen LogP contribution in [0.4, 0.5) is 4.79 Å². The van der Waals surface area contributed by atoms with Crippen LogP contribution in [-0.4, -0.2) is 60.3 Å². The van der Waals surface area contributed by atoms with Crippen LogP contribution < -0.4 is 14.8 Å². The molecule has 0 saturated carbocycles. The van der Waals surface area contributed by atoms with Crippen LogP contribution in [0.1, 0.15) is 57.0 Å². The number of carbonyl (C=O) groups is 2. The van der Waals surface area contributed by atoms with E-state index in [1.807, 2.05) is 45.0 Å². The molecular weight excluding hydrogens is 532 g/mol. The number of nitrogens with zero attached hydrogens (tertiary/aromatic N) is 5. The monoisotopic (exact) mass is 565 g/mol. The Hall–Kier alpha value is -3.35. The van der Waals surface area contributed by atoms with Crippen LogP contribution in [0.5, 0.6) is 17.6 Å². The second-order valence-corrected chi connectivity index (χ2v) is 12.4. The van der Waals surface area contributed by atoms with E-state index in [1.54, 1.807) is 12.4 Å². The summed E-state index contributed by atoms with van der Waals surface area (Å²) in [5.74, 6) is 1.70. The number of imide groups is 1. The van der Waals surface area contributed by atoms with Crippen LogP contribution in [0.15, 0.2) is 41.2 Å². The Morgan fingerprint density at radius 3 is 2.67 bits per heavy atom. The maximum absolute atomic E-state index is 13.0. The highest BCUT2D eigenvalue weighted by atomic mass is 32.2. The van der Waals surface area contributed by atoms with Gasteiger partial charge < -0.3 is 19.3 Å². The minimum absolute atomic E-state index is 0.0346. The first-order valence-electron chi connectivity index (χ1n) is 13.6. The van der Waals surface area contributed by atoms with Crippen molar-refractivity contribution in [2.45, 2.75) is 64.0 Å². The van der Waals surface area contributed by atoms with Crippen LogP contribution in [-0.2, 0) is 10.4 Å². The number of piperidine rings is 1. The number of nitrogens with one attached hydrogen (secondary N) is 1. The Kier molecular flexibility index (Phi) is 6.67. The molecular formula is C28H33N6O5S+. The van der Waals surface area contributed by atoms with Gasteiger partial charge in [-0.3, -0.25) is 0 Å². The van der Waals surface area contributed by atoms with Crippen LogP contribution in [0.2, 0.25) is 0 Å². The lowest BCUT2D eigenvalue weighted by Crippen LogP contribution is -2.69. The quantitative estimate of drug-likeness (QED) is 0.305. The number of para-hydroxylation sites is 1. The van der Waals surface area contributed by atoms with E-state index < -0.39 is 10.9 Å². The molecule has 0 spiro atoms. The number of quaternary nitrogens is 1. The van der Waals surface area contributed by atoms with Gasteiger partial charge in [-0.25, -0.2) is 14.6 Å². The van der Waals surface area contributed by atoms with Gasteiger partial charge in [0, 0.05) is 47.7 Å². The summed E-state index contributed by atoms with van der Waals surface area (Å²) >= 11 is 1.13. The number of hydrogen-bond acceptors (Lipinski definition) is 11. The number of rotatable bonds is 8. The van der Waals surface area contributed by atoms with Crippen molar-refractivity contribution in [3.63, 3.8) is 0 Å². The first-order chi connectivity index (χ1) is 19.2. The largest absolute Gasteiger partial charge is 0.448 e. The molecule has 4 aliphatic rings. The molecule has 40 heavy (non-hydrogen) atoms. The van der Waals surface area contributed by atoms with Crippen LogP contribution >= 0.6 is 11.8 Å². The van der Waals surface area contributed by atoms with Gasteiger partial charge in [-0.05, 0) is 45.4 Å². The molecule has 0 radical (unpaired) electrons. The first-order valence-corrected chi connectivity index (χ1v) is 14.5. The zero-order valence-electron chi connectivity index (χ0n) is 23.2. The summed E-state index contributed by atoms with van der Waals surface area (Å²) in [6.07, 6.45) is 3.89. The van der Waals surface area contributed by atoms with E-state index in [9.17, 15) is 9.59 Å². The van der Waals surface area contributed by atoms with Crippen LogP contribution in [0.25, 0.3) is 0 Å². The molecule has 5 unspecified atom stereocenters. The number of fused-ring (bicyclic) bond motifs is 1. The van der Waals surface area contributed by atoms with E-state index in [4.69, 9.17) is 14.0 Å². The van der Waals surface area contributed by atoms with E-state index in [0.29, 0.717) is 23.8 Å². The molecule has 2 aromatic heterocycles. The Morgan fingerprint density at radius 2 is 1.98 bits per heavy atom. The van der Waals surface area contributed by atoms with Gasteiger partial charge in [0.25, 0.3) is 0 Å². The van der Waals surface area contributed by atoms with Gasteiger partial charge in [0.05, 0.1) is 17.8 Å². The average Bonchev–Trinajstić information content (AvgIpc) is 3.64. The highest BCUT2D eigenvalue weighted by Crippen LogP contribution is 2.61. The van der Waals surface area contributed by atoms with E-state index in [1.165, 1.54) is 0 Å². The van der Waals surface area contributed by atoms with Gasteiger partial charge in [0.2, 0.25) is 11.6 Å². The number of aromatic nitrogens is 4. The number of thioether (sulfide) groups is 1. The third kappa shape index (κ3) is 3.87. The average molecular weight is 566 g/mol. The number of hydrogen-bond donors (Lipinski definition) is 1. The predicted molar refractivity (Wildman–Crippen MR) is 146 cm³/mol. The fourth-order valence-corrected chi connectivity index (χ4v) is 7.99. The number of benzene rings is 1. The minimum Gasteiger partial charge on any atom is -0.448 e. The standard InChI is InChI=1S/C28H33N6O5S/c1-15(2)19-13-29-11-10-28(19,21-14-31-33-39-21)38-26-30-12-17(5)24(32-26)37-20-9-7-6-8-18(20)22-23-25(35)34(22,16(3)4)27(36)40-23/h6-9,12,14-16,19,22-23,29H,10-11,13H2,1-5H3/q+1. The Bertz CT molecular complexity index is 1440. The summed E-state index contributed by atoms with van der Waals surface area (Å²) in [6.45, 7) is 11.4. The van der Waals surface area contributed by atoms with Crippen molar-refractivity contribution >= 4 is 22.9 Å². The SMILES string of the molecule is Cc1cnc(OC2(c3cnno3)CCNCC2C(C)C)nc1Oc1ccccc1C1C2SC(=O)[N+]1(C(C)C)C2=O. The fourth-order valence-electron chi connectivity index (χ4n) is 6.44. The van der Waals surface area contributed by atoms with Gasteiger partial charge >= 0.3 is 17.2 Å². The Balaban J connectivity index is 1.34. The molecule has 4 aliphatic heterocycles. The molecule has 4 saturated heterocycles. The maximum atomic E-state index is 13.0. The molecule has 3 aromatic rings. The van der Waals surface area contributed by atoms with Crippen molar-refractivity contribution in [1.29, 1.82) is 0 Å². The summed E-state index contributed by atoms with van der Waals surface area (Å²) in [4.78, 5) is 35.1. The molecule has 1 aromatic carbocycles. The van der Waals surface area contributed by atoms with Crippen LogP contribution in [0.3, 0.4) is 0 Å². The van der Waals surface area contributed by atoms with E-state index in [0.717, 1.165) is 36.0 Å². The second-order valence-electron chi connectivity index (χ2n) is 11.3. The number of ether oxygens (including phenoxy) is 2. The van der Waals surface area contributed by atoms with Gasteiger partial charge in [-0.2, -0.15) is 9.47 Å². The number of carbonyl (C=O) groups excluding carboxylic acids is 2. The molecule has 2 bridgehead atoms. The van der Waals surface area contributed by atoms with Gasteiger partial charge in [-0.1, -0.05) is 26.0 Å². The normalized spacial score (nSPS) is 29.6. The number of amides is 2. The lowest BCUT2D eigenvalue weighted by Gasteiger charge is -2.45. The van der Waals surface area contributed by atoms with Crippen molar-refractivity contribution in [2.75, 3.05) is 13.1 Å². The zero-order chi connectivity index (χ0) is 28.2. The molecule has 2 amide bonds. The molecule has 11 nitrogen and oxygen atoms in total. The third-order valence-electron chi connectivity index (χ3n) is 8.52. The fraction of sp³-hybridized carbons (Fsp3) is 0.500. The summed E-state index contributed by atoms with van der Waals surface area (Å²) in [5, 5.41) is 10.6. The molecule has 7 rings (SSSR count). The van der Waals surface area contributed by atoms with Crippen LogP contribution in [0, 0.1) is 18.8 Å². The van der Waals surface area contributed by atoms with E-state index in [2.05, 4.69) is 39.5 Å². The minimum atomic E-state index is -0.850. The molecule has 4 fully saturated rings. The van der Waals surface area contributed by atoms with Gasteiger partial charge in [-0.15, -0.1) is 5.10 Å². The lowest BCUT2D eigenvalue weighted by molar-refractivity contribution is -0.845. The lowest BCUT2D eigenvalue weighted by atomic mass is 9.74. The van der Waals surface area contributed by atoms with E-state index in [-0.39, 0.29) is 45.6 Å². The van der Waals surface area contributed by atoms with Crippen molar-refractivity contribution in [3.05, 3.63) is 53.5 Å². The summed E-state index contributed by atoms with van der Waals surface area (Å²) in [7, 11) is 0. The third-order valence-corrected chi connectivity index (χ3v) is 9.74. The maximum Gasteiger partial charge on any atom is 0.384 e. The molecule has 12 heteroatoms. The van der Waals surface area contributed by atoms with Crippen molar-refractivity contribution in [3.8, 4) is 17.6 Å². The number of aryl methyl sites for hydroxylation is 1. The Morgan fingerprint density at radius 1 is 1.18 bits per heavy atom. The second kappa shape index (κ2) is 9.93. The summed E-state index contributed by atoms with van der Waals surface area (Å²) < 4.78 is 18.4. The van der Waals surface area contributed by atoms with Gasteiger partial charge in [0.1, 0.15) is 5.75 Å². The molecule has 210 valence electrons. The van der Waals surface area contributed by atoms with Crippen molar-refractivity contribution in [1.82, 2.24) is 25.7 Å². The Labute approximate surface area is 236 Å². The topological polar surface area (TPSA) is 129 Å². The van der Waals surface area contributed by atoms with E-state index >= 15 is 0 Å². The molecule has 1 N–H and O–H groups in total. The predicted octanol–water partition coefficient (Wildman–Crippen LogP) is 4.54. The zero-order valence-corrected chi connectivity index (χ0v) is 24.0. The smallest absolute Gasteiger partial charge is 0.384 e.